The van der Waals surface area contributed by atoms with E-state index in [4.69, 9.17) is 0 Å². The third-order valence-corrected chi connectivity index (χ3v) is 4.13. The van der Waals surface area contributed by atoms with Crippen LogP contribution in [0.5, 0.6) is 0 Å². The van der Waals surface area contributed by atoms with E-state index < -0.39 is 0 Å². The molecule has 0 radical (unpaired) electrons. The zero-order valence-electron chi connectivity index (χ0n) is 7.51. The molecule has 1 fully saturated rings. The molecule has 2 N–H and O–H groups in total. The number of hydrogen-bond donors (Lipinski definition) is 2. The first kappa shape index (κ1) is 9.65. The summed E-state index contributed by atoms with van der Waals surface area (Å²) in [5, 5.41) is 9.13. The number of hydrogen-bond acceptors (Lipinski definition) is 3. The van der Waals surface area contributed by atoms with E-state index in [1.54, 1.807) is 0 Å². The van der Waals surface area contributed by atoms with Crippen molar-refractivity contribution in [3.05, 3.63) is 20.8 Å². The van der Waals surface area contributed by atoms with Crippen LogP contribution in [0.2, 0.25) is 0 Å². The largest absolute Gasteiger partial charge is 0.311 e. The van der Waals surface area contributed by atoms with Crippen LogP contribution in [0.25, 0.3) is 0 Å². The van der Waals surface area contributed by atoms with Crippen LogP contribution < -0.4 is 10.6 Å². The summed E-state index contributed by atoms with van der Waals surface area (Å²) in [6.45, 7) is 4.36. The summed E-state index contributed by atoms with van der Waals surface area (Å²) >= 11 is 5.29. The molecule has 4 heteroatoms. The molecule has 2 rings (SSSR count). The Morgan fingerprint density at radius 3 is 2.85 bits per heavy atom. The van der Waals surface area contributed by atoms with Crippen LogP contribution in [0.4, 0.5) is 0 Å². The molecule has 13 heavy (non-hydrogen) atoms. The van der Waals surface area contributed by atoms with Crippen molar-refractivity contribution >= 4 is 27.3 Å². The Kier molecular flexibility index (Phi) is 3.03. The first-order chi connectivity index (χ1) is 6.27. The van der Waals surface area contributed by atoms with E-state index in [9.17, 15) is 0 Å². The zero-order chi connectivity index (χ0) is 9.26. The summed E-state index contributed by atoms with van der Waals surface area (Å²) in [5.74, 6) is 0. The minimum Gasteiger partial charge on any atom is -0.311 e. The van der Waals surface area contributed by atoms with Crippen LogP contribution in [0.3, 0.4) is 0 Å². The average Bonchev–Trinajstić information content (AvgIpc) is 2.53. The molecule has 72 valence electrons. The van der Waals surface area contributed by atoms with Gasteiger partial charge >= 0.3 is 0 Å². The third kappa shape index (κ3) is 2.13. The van der Waals surface area contributed by atoms with Crippen molar-refractivity contribution in [2.24, 2.45) is 0 Å². The highest BCUT2D eigenvalue weighted by atomic mass is 79.9. The normalized spacial score (nSPS) is 29.1. The van der Waals surface area contributed by atoms with Crippen molar-refractivity contribution in [1.29, 1.82) is 0 Å². The van der Waals surface area contributed by atoms with Gasteiger partial charge in [0.05, 0.1) is 6.04 Å². The molecule has 1 saturated heterocycles. The Bertz CT molecular complexity index is 287. The van der Waals surface area contributed by atoms with Crippen LogP contribution in [0, 0.1) is 0 Å². The van der Waals surface area contributed by atoms with Crippen molar-refractivity contribution in [2.45, 2.75) is 19.0 Å². The number of halogens is 1. The fourth-order valence-corrected chi connectivity index (χ4v) is 3.28. The number of rotatable bonds is 1. The third-order valence-electron chi connectivity index (χ3n) is 2.35. The van der Waals surface area contributed by atoms with Crippen molar-refractivity contribution in [2.75, 3.05) is 13.1 Å². The highest BCUT2D eigenvalue weighted by Crippen LogP contribution is 2.28. The van der Waals surface area contributed by atoms with Gasteiger partial charge in [0.1, 0.15) is 0 Å². The number of piperazine rings is 1. The molecule has 0 aliphatic carbocycles. The monoisotopic (exact) mass is 260 g/mol. The lowest BCUT2D eigenvalue weighted by Crippen LogP contribution is -2.48. The van der Waals surface area contributed by atoms with Gasteiger partial charge in [0, 0.05) is 33.9 Å². The van der Waals surface area contributed by atoms with E-state index in [-0.39, 0.29) is 0 Å². The lowest BCUT2D eigenvalue weighted by Gasteiger charge is -2.30. The fourth-order valence-electron chi connectivity index (χ4n) is 1.66. The fraction of sp³-hybridized carbons (Fsp3) is 0.556. The molecular weight excluding hydrogens is 248 g/mol. The second-order valence-corrected chi connectivity index (χ2v) is 5.20. The van der Waals surface area contributed by atoms with Gasteiger partial charge in [-0.25, -0.2) is 0 Å². The Morgan fingerprint density at radius 2 is 2.23 bits per heavy atom. The predicted molar refractivity (Wildman–Crippen MR) is 60.2 cm³/mol. The molecule has 1 aliphatic rings. The van der Waals surface area contributed by atoms with Crippen LogP contribution in [-0.4, -0.2) is 19.1 Å². The molecule has 0 saturated carbocycles. The molecule has 1 aromatic heterocycles. The Balaban J connectivity index is 2.14. The van der Waals surface area contributed by atoms with E-state index in [1.807, 2.05) is 11.3 Å². The minimum atomic E-state index is 0.477. The van der Waals surface area contributed by atoms with E-state index in [0.717, 1.165) is 13.1 Å². The average molecular weight is 261 g/mol. The smallest absolute Gasteiger partial charge is 0.0568 e. The zero-order valence-corrected chi connectivity index (χ0v) is 9.91. The van der Waals surface area contributed by atoms with E-state index in [1.165, 1.54) is 9.35 Å². The molecule has 2 unspecified atom stereocenters. The van der Waals surface area contributed by atoms with Crippen LogP contribution in [0.15, 0.2) is 15.9 Å². The Labute approximate surface area is 90.9 Å². The van der Waals surface area contributed by atoms with Crippen LogP contribution >= 0.6 is 27.3 Å². The van der Waals surface area contributed by atoms with Gasteiger partial charge in [0.15, 0.2) is 0 Å². The van der Waals surface area contributed by atoms with Gasteiger partial charge in [0.25, 0.3) is 0 Å². The van der Waals surface area contributed by atoms with E-state index in [0.29, 0.717) is 12.1 Å². The SMILES string of the molecule is CC1NCCNC1c1cc(Br)cs1. The van der Waals surface area contributed by atoms with Crippen LogP contribution in [-0.2, 0) is 0 Å². The molecule has 2 heterocycles. The van der Waals surface area contributed by atoms with E-state index in [2.05, 4.69) is 44.9 Å². The van der Waals surface area contributed by atoms with E-state index >= 15 is 0 Å². The van der Waals surface area contributed by atoms with Gasteiger partial charge in [-0.05, 0) is 28.9 Å². The molecular formula is C9H13BrN2S. The summed E-state index contributed by atoms with van der Waals surface area (Å²) in [5.41, 5.74) is 0. The summed E-state index contributed by atoms with van der Waals surface area (Å²) < 4.78 is 1.19. The second-order valence-electron chi connectivity index (χ2n) is 3.34. The highest BCUT2D eigenvalue weighted by molar-refractivity contribution is 9.10. The lowest BCUT2D eigenvalue weighted by molar-refractivity contribution is 0.349. The lowest BCUT2D eigenvalue weighted by atomic mass is 10.1. The van der Waals surface area contributed by atoms with Crippen molar-refractivity contribution in [3.63, 3.8) is 0 Å². The summed E-state index contributed by atoms with van der Waals surface area (Å²) in [4.78, 5) is 1.41. The molecule has 0 bridgehead atoms. The molecule has 0 spiro atoms. The van der Waals surface area contributed by atoms with Gasteiger partial charge < -0.3 is 10.6 Å². The standard InChI is InChI=1S/C9H13BrN2S/c1-6-9(12-3-2-11-6)8-4-7(10)5-13-8/h4-6,9,11-12H,2-3H2,1H3. The second kappa shape index (κ2) is 4.09. The maximum absolute atomic E-state index is 3.53. The maximum Gasteiger partial charge on any atom is 0.0568 e. The molecule has 2 atom stereocenters. The first-order valence-corrected chi connectivity index (χ1v) is 6.15. The quantitative estimate of drug-likeness (QED) is 0.809. The highest BCUT2D eigenvalue weighted by Gasteiger charge is 2.22. The maximum atomic E-state index is 3.53. The van der Waals surface area contributed by atoms with Crippen LogP contribution in [0.1, 0.15) is 17.8 Å². The molecule has 0 amide bonds. The van der Waals surface area contributed by atoms with Gasteiger partial charge in [-0.15, -0.1) is 11.3 Å². The summed E-state index contributed by atoms with van der Waals surface area (Å²) in [7, 11) is 0. The molecule has 1 aliphatic heterocycles. The first-order valence-electron chi connectivity index (χ1n) is 4.48. The Hall–Kier alpha value is 0.1000. The molecule has 1 aromatic rings. The summed E-state index contributed by atoms with van der Waals surface area (Å²) in [6, 6.07) is 3.20. The van der Waals surface area contributed by atoms with Crippen molar-refractivity contribution in [1.82, 2.24) is 10.6 Å². The van der Waals surface area contributed by atoms with Crippen molar-refractivity contribution in [3.8, 4) is 0 Å². The summed E-state index contributed by atoms with van der Waals surface area (Å²) in [6.07, 6.45) is 0. The number of nitrogens with one attached hydrogen (secondary N) is 2. The van der Waals surface area contributed by atoms with Gasteiger partial charge in [0.2, 0.25) is 0 Å². The number of thiophene rings is 1. The minimum absolute atomic E-state index is 0.477. The molecule has 0 aromatic carbocycles. The molecule has 2 nitrogen and oxygen atoms in total. The van der Waals surface area contributed by atoms with Gasteiger partial charge in [-0.2, -0.15) is 0 Å². The van der Waals surface area contributed by atoms with Crippen molar-refractivity contribution < 1.29 is 0 Å². The Morgan fingerprint density at radius 1 is 1.46 bits per heavy atom. The van der Waals surface area contributed by atoms with Gasteiger partial charge in [-0.3, -0.25) is 0 Å². The van der Waals surface area contributed by atoms with Gasteiger partial charge in [-0.1, -0.05) is 0 Å². The predicted octanol–water partition coefficient (Wildman–Crippen LogP) is 2.13. The topological polar surface area (TPSA) is 24.1 Å².